The number of nitrogens with two attached hydrogens (primary N) is 1. The lowest BCUT2D eigenvalue weighted by Gasteiger charge is -2.12. The quantitative estimate of drug-likeness (QED) is 0.758. The van der Waals surface area contributed by atoms with Gasteiger partial charge in [-0.2, -0.15) is 0 Å². The average Bonchev–Trinajstić information content (AvgIpc) is 2.83. The number of anilines is 1. The van der Waals surface area contributed by atoms with Crippen molar-refractivity contribution in [3.63, 3.8) is 0 Å². The van der Waals surface area contributed by atoms with Gasteiger partial charge >= 0.3 is 0 Å². The number of carbonyl (C=O) groups is 1. The SMILES string of the molecule is Cc1cccc(C)c1CNc1cccn2c(C)c(CC(N)=O)nc12. The highest BCUT2D eigenvalue weighted by atomic mass is 16.1. The molecule has 0 spiro atoms. The number of amides is 1. The molecule has 1 amide bonds. The second-order valence-electron chi connectivity index (χ2n) is 6.13. The van der Waals surface area contributed by atoms with E-state index in [1.54, 1.807) is 0 Å². The first-order valence-corrected chi connectivity index (χ1v) is 8.01. The molecule has 3 N–H and O–H groups in total. The second kappa shape index (κ2) is 6.35. The standard InChI is InChI=1S/C19H22N4O/c1-12-6-4-7-13(2)15(12)11-21-16-8-5-9-23-14(3)17(10-18(20)24)22-19(16)23/h4-9,21H,10-11H2,1-3H3,(H2,20,24). The number of fused-ring (bicyclic) bond motifs is 1. The van der Waals surface area contributed by atoms with Crippen LogP contribution in [-0.4, -0.2) is 15.3 Å². The van der Waals surface area contributed by atoms with E-state index in [1.165, 1.54) is 16.7 Å². The Morgan fingerprint density at radius 2 is 1.88 bits per heavy atom. The van der Waals surface area contributed by atoms with Crippen molar-refractivity contribution in [2.75, 3.05) is 5.32 Å². The van der Waals surface area contributed by atoms with Gasteiger partial charge < -0.3 is 15.5 Å². The van der Waals surface area contributed by atoms with Gasteiger partial charge in [0.1, 0.15) is 0 Å². The molecule has 0 atom stereocenters. The molecule has 1 aromatic carbocycles. The van der Waals surface area contributed by atoms with Crippen molar-refractivity contribution in [3.05, 3.63) is 64.6 Å². The first-order chi connectivity index (χ1) is 11.5. The highest BCUT2D eigenvalue weighted by Crippen LogP contribution is 2.22. The van der Waals surface area contributed by atoms with Crippen LogP contribution in [0.2, 0.25) is 0 Å². The topological polar surface area (TPSA) is 72.4 Å². The predicted molar refractivity (Wildman–Crippen MR) is 96.1 cm³/mol. The van der Waals surface area contributed by atoms with E-state index in [4.69, 9.17) is 5.73 Å². The molecule has 0 saturated carbocycles. The number of benzene rings is 1. The lowest BCUT2D eigenvalue weighted by atomic mass is 10.0. The van der Waals surface area contributed by atoms with Crippen LogP contribution in [-0.2, 0) is 17.8 Å². The fourth-order valence-electron chi connectivity index (χ4n) is 3.01. The molecule has 0 unspecified atom stereocenters. The normalized spacial score (nSPS) is 11.0. The van der Waals surface area contributed by atoms with Gasteiger partial charge in [0.25, 0.3) is 0 Å². The van der Waals surface area contributed by atoms with Crippen molar-refractivity contribution >= 4 is 17.2 Å². The molecule has 2 aromatic heterocycles. The van der Waals surface area contributed by atoms with Crippen molar-refractivity contribution < 1.29 is 4.79 Å². The molecule has 3 aromatic rings. The van der Waals surface area contributed by atoms with Crippen molar-refractivity contribution in [3.8, 4) is 0 Å². The van der Waals surface area contributed by atoms with Crippen LogP contribution in [0.3, 0.4) is 0 Å². The Bertz CT molecular complexity index is 891. The maximum atomic E-state index is 11.2. The molecule has 0 radical (unpaired) electrons. The third kappa shape index (κ3) is 2.97. The number of imidazole rings is 1. The zero-order valence-corrected chi connectivity index (χ0v) is 14.3. The summed E-state index contributed by atoms with van der Waals surface area (Å²) >= 11 is 0. The van der Waals surface area contributed by atoms with Gasteiger partial charge in [-0.3, -0.25) is 4.79 Å². The van der Waals surface area contributed by atoms with Gasteiger partial charge in [-0.1, -0.05) is 18.2 Å². The Morgan fingerprint density at radius 3 is 2.54 bits per heavy atom. The number of primary amides is 1. The molecule has 0 fully saturated rings. The summed E-state index contributed by atoms with van der Waals surface area (Å²) in [7, 11) is 0. The molecule has 2 heterocycles. The van der Waals surface area contributed by atoms with Crippen LogP contribution in [0.15, 0.2) is 36.5 Å². The van der Waals surface area contributed by atoms with Crippen molar-refractivity contribution in [1.82, 2.24) is 9.38 Å². The Balaban J connectivity index is 1.94. The van der Waals surface area contributed by atoms with E-state index < -0.39 is 0 Å². The highest BCUT2D eigenvalue weighted by molar-refractivity contribution is 5.77. The Kier molecular flexibility index (Phi) is 4.25. The fourth-order valence-corrected chi connectivity index (χ4v) is 3.01. The molecule has 24 heavy (non-hydrogen) atoms. The number of rotatable bonds is 5. The largest absolute Gasteiger partial charge is 0.378 e. The van der Waals surface area contributed by atoms with Crippen LogP contribution < -0.4 is 11.1 Å². The average molecular weight is 322 g/mol. The van der Waals surface area contributed by atoms with Crippen LogP contribution in [0.5, 0.6) is 0 Å². The summed E-state index contributed by atoms with van der Waals surface area (Å²) in [6.45, 7) is 6.92. The van der Waals surface area contributed by atoms with E-state index >= 15 is 0 Å². The van der Waals surface area contributed by atoms with Crippen LogP contribution in [0, 0.1) is 20.8 Å². The van der Waals surface area contributed by atoms with Crippen molar-refractivity contribution in [1.29, 1.82) is 0 Å². The van der Waals surface area contributed by atoms with Gasteiger partial charge in [0.2, 0.25) is 5.91 Å². The lowest BCUT2D eigenvalue weighted by Crippen LogP contribution is -2.14. The maximum absolute atomic E-state index is 11.2. The van der Waals surface area contributed by atoms with E-state index in [-0.39, 0.29) is 12.3 Å². The smallest absolute Gasteiger partial charge is 0.223 e. The van der Waals surface area contributed by atoms with Gasteiger partial charge in [0, 0.05) is 18.4 Å². The highest BCUT2D eigenvalue weighted by Gasteiger charge is 2.13. The number of carbonyl (C=O) groups excluding carboxylic acids is 1. The molecular formula is C19H22N4O. The summed E-state index contributed by atoms with van der Waals surface area (Å²) in [6, 6.07) is 10.3. The van der Waals surface area contributed by atoms with E-state index in [0.717, 1.165) is 29.3 Å². The minimum absolute atomic E-state index is 0.157. The Hall–Kier alpha value is -2.82. The van der Waals surface area contributed by atoms with Crippen LogP contribution in [0.25, 0.3) is 5.65 Å². The number of hydrogen-bond acceptors (Lipinski definition) is 3. The number of hydrogen-bond donors (Lipinski definition) is 2. The van der Waals surface area contributed by atoms with Crippen molar-refractivity contribution in [2.24, 2.45) is 5.73 Å². The van der Waals surface area contributed by atoms with Gasteiger partial charge in [-0.25, -0.2) is 4.98 Å². The number of aryl methyl sites for hydroxylation is 3. The molecule has 3 rings (SSSR count). The van der Waals surface area contributed by atoms with E-state index in [0.29, 0.717) is 0 Å². The summed E-state index contributed by atoms with van der Waals surface area (Å²) in [5.74, 6) is -0.369. The number of nitrogens with zero attached hydrogens (tertiary/aromatic N) is 2. The Labute approximate surface area is 141 Å². The molecule has 0 aliphatic heterocycles. The molecule has 124 valence electrons. The van der Waals surface area contributed by atoms with Gasteiger partial charge in [0.05, 0.1) is 17.8 Å². The summed E-state index contributed by atoms with van der Waals surface area (Å²) in [5.41, 5.74) is 12.6. The van der Waals surface area contributed by atoms with Gasteiger partial charge in [-0.15, -0.1) is 0 Å². The summed E-state index contributed by atoms with van der Waals surface area (Å²) < 4.78 is 1.99. The third-order valence-corrected chi connectivity index (χ3v) is 4.43. The van der Waals surface area contributed by atoms with Crippen LogP contribution in [0.4, 0.5) is 5.69 Å². The molecule has 0 bridgehead atoms. The first kappa shape index (κ1) is 16.1. The molecular weight excluding hydrogens is 300 g/mol. The van der Waals surface area contributed by atoms with Crippen LogP contribution >= 0.6 is 0 Å². The molecule has 0 saturated heterocycles. The molecule has 0 aliphatic carbocycles. The zero-order valence-electron chi connectivity index (χ0n) is 14.3. The minimum Gasteiger partial charge on any atom is -0.378 e. The molecule has 5 nitrogen and oxygen atoms in total. The van der Waals surface area contributed by atoms with E-state index in [1.807, 2.05) is 29.7 Å². The molecule has 5 heteroatoms. The number of pyridine rings is 1. The molecule has 0 aliphatic rings. The zero-order chi connectivity index (χ0) is 17.3. The van der Waals surface area contributed by atoms with Crippen LogP contribution in [0.1, 0.15) is 28.1 Å². The maximum Gasteiger partial charge on any atom is 0.223 e. The lowest BCUT2D eigenvalue weighted by molar-refractivity contribution is -0.117. The third-order valence-electron chi connectivity index (χ3n) is 4.43. The summed E-state index contributed by atoms with van der Waals surface area (Å²) in [5, 5.41) is 3.48. The summed E-state index contributed by atoms with van der Waals surface area (Å²) in [4.78, 5) is 15.8. The number of aromatic nitrogens is 2. The minimum atomic E-state index is -0.369. The summed E-state index contributed by atoms with van der Waals surface area (Å²) in [6.07, 6.45) is 2.11. The predicted octanol–water partition coefficient (Wildman–Crippen LogP) is 2.90. The number of nitrogens with one attached hydrogen (secondary N) is 1. The monoisotopic (exact) mass is 322 g/mol. The fraction of sp³-hybridized carbons (Fsp3) is 0.263. The first-order valence-electron chi connectivity index (χ1n) is 8.01. The van der Waals surface area contributed by atoms with E-state index in [9.17, 15) is 4.79 Å². The van der Waals surface area contributed by atoms with Gasteiger partial charge in [0.15, 0.2) is 5.65 Å². The van der Waals surface area contributed by atoms with E-state index in [2.05, 4.69) is 42.3 Å². The second-order valence-corrected chi connectivity index (χ2v) is 6.13. The van der Waals surface area contributed by atoms with Gasteiger partial charge in [-0.05, 0) is 49.6 Å². The van der Waals surface area contributed by atoms with Crippen molar-refractivity contribution in [2.45, 2.75) is 33.7 Å². The Morgan fingerprint density at radius 1 is 1.17 bits per heavy atom.